The van der Waals surface area contributed by atoms with E-state index in [1.54, 1.807) is 24.5 Å². The maximum absolute atomic E-state index is 12.3. The number of alkyl halides is 3. The van der Waals surface area contributed by atoms with Crippen LogP contribution in [0, 0.1) is 6.92 Å². The fourth-order valence-corrected chi connectivity index (χ4v) is 3.65. The van der Waals surface area contributed by atoms with Crippen molar-refractivity contribution in [2.24, 2.45) is 0 Å². The summed E-state index contributed by atoms with van der Waals surface area (Å²) in [7, 11) is 0. The Morgan fingerprint density at radius 3 is 2.40 bits per heavy atom. The summed E-state index contributed by atoms with van der Waals surface area (Å²) in [4.78, 5) is 4.40. The van der Waals surface area contributed by atoms with Gasteiger partial charge in [0.1, 0.15) is 18.1 Å². The third kappa shape index (κ3) is 7.30. The second kappa shape index (κ2) is 11.0. The predicted molar refractivity (Wildman–Crippen MR) is 125 cm³/mol. The van der Waals surface area contributed by atoms with E-state index in [1.807, 2.05) is 35.1 Å². The topological polar surface area (TPSA) is 62.1 Å². The van der Waals surface area contributed by atoms with E-state index in [2.05, 4.69) is 33.0 Å². The van der Waals surface area contributed by atoms with Gasteiger partial charge in [-0.15, -0.1) is 18.3 Å². The molecule has 0 fully saturated rings. The molecule has 182 valence electrons. The van der Waals surface area contributed by atoms with Crippen molar-refractivity contribution in [3.05, 3.63) is 89.9 Å². The zero-order chi connectivity index (χ0) is 24.7. The minimum atomic E-state index is -4.71. The number of ether oxygens (including phenoxy) is 2. The van der Waals surface area contributed by atoms with Crippen LogP contribution in [0.2, 0.25) is 0 Å². The molecule has 0 saturated heterocycles. The van der Waals surface area contributed by atoms with Crippen LogP contribution in [0.5, 0.6) is 11.5 Å². The number of halogens is 3. The Labute approximate surface area is 201 Å². The summed E-state index contributed by atoms with van der Waals surface area (Å²) >= 11 is 0. The molecule has 0 N–H and O–H groups in total. The van der Waals surface area contributed by atoms with Gasteiger partial charge >= 0.3 is 6.36 Å². The van der Waals surface area contributed by atoms with E-state index >= 15 is 0 Å². The van der Waals surface area contributed by atoms with Gasteiger partial charge in [0.2, 0.25) is 0 Å². The number of pyridine rings is 1. The second-order valence-electron chi connectivity index (χ2n) is 8.12. The molecule has 2 heterocycles. The number of benzene rings is 2. The lowest BCUT2D eigenvalue weighted by molar-refractivity contribution is -0.274. The van der Waals surface area contributed by atoms with Gasteiger partial charge in [-0.1, -0.05) is 17.3 Å². The Morgan fingerprint density at radius 2 is 1.74 bits per heavy atom. The van der Waals surface area contributed by atoms with Crippen molar-refractivity contribution < 1.29 is 22.6 Å². The van der Waals surface area contributed by atoms with Gasteiger partial charge in [-0.05, 0) is 79.8 Å². The highest BCUT2D eigenvalue weighted by Gasteiger charge is 2.30. The first-order valence-electron chi connectivity index (χ1n) is 11.2. The summed E-state index contributed by atoms with van der Waals surface area (Å²) in [6.45, 7) is 3.31. The highest BCUT2D eigenvalue weighted by Crippen LogP contribution is 2.26. The lowest BCUT2D eigenvalue weighted by Crippen LogP contribution is -2.16. The molecule has 4 aromatic rings. The Bertz CT molecular complexity index is 1210. The van der Waals surface area contributed by atoms with Crippen LogP contribution in [0.15, 0.2) is 73.2 Å². The zero-order valence-electron chi connectivity index (χ0n) is 19.2. The Hall–Kier alpha value is -3.88. The molecule has 0 atom stereocenters. The molecule has 0 unspecified atom stereocenters. The maximum Gasteiger partial charge on any atom is 0.573 e. The summed E-state index contributed by atoms with van der Waals surface area (Å²) in [6, 6.07) is 15.4. The molecule has 0 spiro atoms. The first-order chi connectivity index (χ1) is 16.9. The first-order valence-corrected chi connectivity index (χ1v) is 11.2. The van der Waals surface area contributed by atoms with Crippen molar-refractivity contribution in [2.75, 3.05) is 0 Å². The molecular formula is C26H25F3N4O2. The standard InChI is InChI=1S/C26H25F3N4O2/c1-19-16-24(11-6-21(19)4-2-3-14-33-15-13-31-32-33)34-18-20-5-12-25(30-17-20)22-7-9-23(10-8-22)35-26(27,28)29/h5-13,15-17H,2-4,14,18H2,1H3. The molecule has 0 saturated carbocycles. The highest BCUT2D eigenvalue weighted by molar-refractivity contribution is 5.60. The van der Waals surface area contributed by atoms with Crippen molar-refractivity contribution in [3.8, 4) is 22.8 Å². The van der Waals surface area contributed by atoms with Crippen LogP contribution in [0.1, 0.15) is 29.5 Å². The molecule has 0 aliphatic heterocycles. The molecule has 0 radical (unpaired) electrons. The average Bonchev–Trinajstić information content (AvgIpc) is 3.35. The molecule has 0 aliphatic carbocycles. The fraction of sp³-hybridized carbons (Fsp3) is 0.269. The third-order valence-corrected chi connectivity index (χ3v) is 5.48. The van der Waals surface area contributed by atoms with E-state index in [0.29, 0.717) is 17.9 Å². The van der Waals surface area contributed by atoms with Crippen LogP contribution in [-0.2, 0) is 19.6 Å². The summed E-state index contributed by atoms with van der Waals surface area (Å²) < 4.78 is 48.6. The number of rotatable bonds is 10. The van der Waals surface area contributed by atoms with E-state index in [9.17, 15) is 13.2 Å². The van der Waals surface area contributed by atoms with E-state index in [4.69, 9.17) is 4.74 Å². The van der Waals surface area contributed by atoms with E-state index in [1.165, 1.54) is 23.3 Å². The molecule has 0 amide bonds. The average molecular weight is 483 g/mol. The van der Waals surface area contributed by atoms with E-state index in [0.717, 1.165) is 37.1 Å². The lowest BCUT2D eigenvalue weighted by atomic mass is 10.0. The van der Waals surface area contributed by atoms with Gasteiger partial charge in [0.05, 0.1) is 11.9 Å². The smallest absolute Gasteiger partial charge is 0.489 e. The van der Waals surface area contributed by atoms with E-state index in [-0.39, 0.29) is 5.75 Å². The zero-order valence-corrected chi connectivity index (χ0v) is 19.2. The maximum atomic E-state index is 12.3. The number of aryl methyl sites for hydroxylation is 3. The summed E-state index contributed by atoms with van der Waals surface area (Å²) in [5.41, 5.74) is 4.72. The van der Waals surface area contributed by atoms with Crippen LogP contribution in [0.3, 0.4) is 0 Å². The van der Waals surface area contributed by atoms with Gasteiger partial charge in [0.15, 0.2) is 0 Å². The number of hydrogen-bond acceptors (Lipinski definition) is 5. The van der Waals surface area contributed by atoms with Crippen molar-refractivity contribution in [1.82, 2.24) is 20.0 Å². The van der Waals surface area contributed by atoms with Gasteiger partial charge < -0.3 is 9.47 Å². The molecule has 0 bridgehead atoms. The van der Waals surface area contributed by atoms with Crippen LogP contribution < -0.4 is 9.47 Å². The number of aromatic nitrogens is 4. The molecular weight excluding hydrogens is 457 g/mol. The molecule has 35 heavy (non-hydrogen) atoms. The Morgan fingerprint density at radius 1 is 0.943 bits per heavy atom. The minimum absolute atomic E-state index is 0.264. The quantitative estimate of drug-likeness (QED) is 0.254. The highest BCUT2D eigenvalue weighted by atomic mass is 19.4. The number of hydrogen-bond donors (Lipinski definition) is 0. The van der Waals surface area contributed by atoms with Crippen molar-refractivity contribution >= 4 is 0 Å². The third-order valence-electron chi connectivity index (χ3n) is 5.48. The molecule has 2 aromatic carbocycles. The summed E-state index contributed by atoms with van der Waals surface area (Å²) in [5.74, 6) is 0.526. The number of nitrogens with zero attached hydrogens (tertiary/aromatic N) is 4. The summed E-state index contributed by atoms with van der Waals surface area (Å²) in [5, 5.41) is 7.79. The van der Waals surface area contributed by atoms with Gasteiger partial charge in [-0.25, -0.2) is 0 Å². The minimum Gasteiger partial charge on any atom is -0.489 e. The Kier molecular flexibility index (Phi) is 7.64. The van der Waals surface area contributed by atoms with Crippen LogP contribution in [0.4, 0.5) is 13.2 Å². The molecule has 2 aromatic heterocycles. The summed E-state index contributed by atoms with van der Waals surface area (Å²) in [6.07, 6.45) is 3.65. The number of unbranched alkanes of at least 4 members (excludes halogenated alkanes) is 1. The van der Waals surface area contributed by atoms with Gasteiger partial charge in [-0.3, -0.25) is 9.67 Å². The van der Waals surface area contributed by atoms with Crippen molar-refractivity contribution in [3.63, 3.8) is 0 Å². The molecule has 0 aliphatic rings. The molecule has 6 nitrogen and oxygen atoms in total. The van der Waals surface area contributed by atoms with Crippen LogP contribution in [-0.4, -0.2) is 26.3 Å². The fourth-order valence-electron chi connectivity index (χ4n) is 3.65. The van der Waals surface area contributed by atoms with Crippen molar-refractivity contribution in [2.45, 2.75) is 45.7 Å². The monoisotopic (exact) mass is 482 g/mol. The van der Waals surface area contributed by atoms with Gasteiger partial charge in [0.25, 0.3) is 0 Å². The molecule has 4 rings (SSSR count). The van der Waals surface area contributed by atoms with Gasteiger partial charge in [0, 0.05) is 30.1 Å². The molecule has 9 heteroatoms. The Balaban J connectivity index is 1.26. The van der Waals surface area contributed by atoms with Gasteiger partial charge in [-0.2, -0.15) is 0 Å². The van der Waals surface area contributed by atoms with Crippen LogP contribution in [0.25, 0.3) is 11.3 Å². The van der Waals surface area contributed by atoms with Crippen LogP contribution >= 0.6 is 0 Å². The second-order valence-corrected chi connectivity index (χ2v) is 8.12. The lowest BCUT2D eigenvalue weighted by Gasteiger charge is -2.11. The van der Waals surface area contributed by atoms with E-state index < -0.39 is 6.36 Å². The first kappa shape index (κ1) is 24.3. The predicted octanol–water partition coefficient (Wildman–Crippen LogP) is 6.15. The largest absolute Gasteiger partial charge is 0.573 e. The van der Waals surface area contributed by atoms with Crippen molar-refractivity contribution in [1.29, 1.82) is 0 Å². The normalized spacial score (nSPS) is 11.4. The SMILES string of the molecule is Cc1cc(OCc2ccc(-c3ccc(OC(F)(F)F)cc3)nc2)ccc1CCCCn1ccnn1.